The Bertz CT molecular complexity index is 948. The molecule has 0 spiro atoms. The Kier molecular flexibility index (Phi) is 5.09. The molecule has 1 aliphatic carbocycles. The highest BCUT2D eigenvalue weighted by Crippen LogP contribution is 2.33. The standard InChI is InChI=1S/C22H23ClN2O/c1-22(2,3)11-10-17-14-25(4)24-21(17)19-13-16(8-9-20(19)26)15-6-5-7-18(23)12-15/h5-8,12-14,20,26H,9H2,1-4H3. The van der Waals surface area contributed by atoms with Gasteiger partial charge in [-0.1, -0.05) is 41.7 Å². The minimum Gasteiger partial charge on any atom is -0.388 e. The second-order valence-corrected chi connectivity index (χ2v) is 8.02. The SMILES string of the molecule is Cn1cc(C#CC(C)(C)C)c(C2=CC(c3cccc(Cl)c3)=CCC2O)n1. The van der Waals surface area contributed by atoms with Crippen LogP contribution in [0.15, 0.2) is 42.6 Å². The number of hydrogen-bond acceptors (Lipinski definition) is 2. The summed E-state index contributed by atoms with van der Waals surface area (Å²) in [5.41, 5.74) is 4.33. The summed E-state index contributed by atoms with van der Waals surface area (Å²) in [6, 6.07) is 7.73. The van der Waals surface area contributed by atoms with Crippen molar-refractivity contribution in [1.29, 1.82) is 0 Å². The van der Waals surface area contributed by atoms with E-state index in [4.69, 9.17) is 11.6 Å². The van der Waals surface area contributed by atoms with Crippen molar-refractivity contribution < 1.29 is 5.11 Å². The molecular weight excluding hydrogens is 344 g/mol. The fourth-order valence-electron chi connectivity index (χ4n) is 2.83. The number of aryl methyl sites for hydroxylation is 1. The third kappa shape index (κ3) is 4.27. The molecule has 1 unspecified atom stereocenters. The average Bonchev–Trinajstić information content (AvgIpc) is 2.93. The van der Waals surface area contributed by atoms with Gasteiger partial charge in [-0.15, -0.1) is 0 Å². The molecule has 1 aliphatic rings. The Balaban J connectivity index is 2.05. The van der Waals surface area contributed by atoms with E-state index >= 15 is 0 Å². The van der Waals surface area contributed by atoms with Gasteiger partial charge in [0.05, 0.1) is 11.7 Å². The van der Waals surface area contributed by atoms with Crippen LogP contribution in [0.3, 0.4) is 0 Å². The van der Waals surface area contributed by atoms with Gasteiger partial charge in [0.25, 0.3) is 0 Å². The Labute approximate surface area is 160 Å². The van der Waals surface area contributed by atoms with Crippen LogP contribution in [0.25, 0.3) is 11.1 Å². The molecule has 1 aromatic carbocycles. The second kappa shape index (κ2) is 7.15. The smallest absolute Gasteiger partial charge is 0.107 e. The molecule has 1 N–H and O–H groups in total. The van der Waals surface area contributed by atoms with Gasteiger partial charge in [-0.3, -0.25) is 4.68 Å². The molecule has 4 heteroatoms. The summed E-state index contributed by atoms with van der Waals surface area (Å²) >= 11 is 6.13. The molecule has 0 amide bonds. The maximum absolute atomic E-state index is 10.6. The number of aliphatic hydroxyl groups excluding tert-OH is 1. The van der Waals surface area contributed by atoms with Crippen LogP contribution in [0.2, 0.25) is 5.02 Å². The summed E-state index contributed by atoms with van der Waals surface area (Å²) in [5.74, 6) is 6.48. The molecule has 0 saturated heterocycles. The molecule has 1 aromatic heterocycles. The molecule has 0 radical (unpaired) electrons. The first kappa shape index (κ1) is 18.5. The topological polar surface area (TPSA) is 38.0 Å². The molecule has 0 saturated carbocycles. The lowest BCUT2D eigenvalue weighted by Gasteiger charge is -2.19. The quantitative estimate of drug-likeness (QED) is 0.782. The van der Waals surface area contributed by atoms with E-state index in [1.807, 2.05) is 49.7 Å². The van der Waals surface area contributed by atoms with E-state index in [9.17, 15) is 5.11 Å². The molecule has 0 fully saturated rings. The average molecular weight is 367 g/mol. The summed E-state index contributed by atoms with van der Waals surface area (Å²) in [4.78, 5) is 0. The van der Waals surface area contributed by atoms with Crippen molar-refractivity contribution in [3.05, 3.63) is 64.5 Å². The predicted molar refractivity (Wildman–Crippen MR) is 108 cm³/mol. The van der Waals surface area contributed by atoms with Crippen LogP contribution < -0.4 is 0 Å². The molecule has 2 aromatic rings. The van der Waals surface area contributed by atoms with Crippen molar-refractivity contribution in [2.75, 3.05) is 0 Å². The molecule has 0 aliphatic heterocycles. The third-order valence-electron chi connectivity index (χ3n) is 4.06. The van der Waals surface area contributed by atoms with Crippen LogP contribution in [0.4, 0.5) is 0 Å². The van der Waals surface area contributed by atoms with Crippen LogP contribution in [0, 0.1) is 17.3 Å². The first-order valence-electron chi connectivity index (χ1n) is 8.66. The Morgan fingerprint density at radius 2 is 2.08 bits per heavy atom. The number of benzene rings is 1. The molecule has 0 bridgehead atoms. The first-order valence-corrected chi connectivity index (χ1v) is 9.04. The van der Waals surface area contributed by atoms with Gasteiger partial charge >= 0.3 is 0 Å². The molecule has 3 nitrogen and oxygen atoms in total. The van der Waals surface area contributed by atoms with E-state index in [0.717, 1.165) is 28.0 Å². The fraction of sp³-hybridized carbons (Fsp3) is 0.318. The zero-order valence-corrected chi connectivity index (χ0v) is 16.3. The van der Waals surface area contributed by atoms with Gasteiger partial charge in [0.2, 0.25) is 0 Å². The van der Waals surface area contributed by atoms with Crippen molar-refractivity contribution in [1.82, 2.24) is 9.78 Å². The predicted octanol–water partition coefficient (Wildman–Crippen LogP) is 4.70. The zero-order valence-electron chi connectivity index (χ0n) is 15.5. The molecule has 1 heterocycles. The summed E-state index contributed by atoms with van der Waals surface area (Å²) in [7, 11) is 1.87. The lowest BCUT2D eigenvalue weighted by molar-refractivity contribution is 0.235. The molecule has 3 rings (SSSR count). The van der Waals surface area contributed by atoms with Crippen LogP contribution in [-0.2, 0) is 7.05 Å². The lowest BCUT2D eigenvalue weighted by Crippen LogP contribution is -2.13. The number of hydrogen-bond donors (Lipinski definition) is 1. The Hall–Kier alpha value is -2.28. The normalized spacial score (nSPS) is 17.2. The highest BCUT2D eigenvalue weighted by atomic mass is 35.5. The first-order chi connectivity index (χ1) is 12.2. The number of aliphatic hydroxyl groups is 1. The highest BCUT2D eigenvalue weighted by molar-refractivity contribution is 6.30. The van der Waals surface area contributed by atoms with E-state index in [1.54, 1.807) is 4.68 Å². The van der Waals surface area contributed by atoms with Gasteiger partial charge in [-0.25, -0.2) is 0 Å². The minimum absolute atomic E-state index is 0.0987. The summed E-state index contributed by atoms with van der Waals surface area (Å²) in [6.07, 6.45) is 5.87. The highest BCUT2D eigenvalue weighted by Gasteiger charge is 2.22. The maximum Gasteiger partial charge on any atom is 0.107 e. The second-order valence-electron chi connectivity index (χ2n) is 7.59. The summed E-state index contributed by atoms with van der Waals surface area (Å²) in [6.45, 7) is 6.22. The fourth-order valence-corrected chi connectivity index (χ4v) is 3.02. The van der Waals surface area contributed by atoms with Crippen molar-refractivity contribution in [2.24, 2.45) is 12.5 Å². The molecule has 134 valence electrons. The monoisotopic (exact) mass is 366 g/mol. The number of aromatic nitrogens is 2. The van der Waals surface area contributed by atoms with Gasteiger partial charge in [0.1, 0.15) is 5.69 Å². The van der Waals surface area contributed by atoms with Crippen molar-refractivity contribution in [2.45, 2.75) is 33.3 Å². The van der Waals surface area contributed by atoms with Crippen LogP contribution in [0.1, 0.15) is 44.0 Å². The van der Waals surface area contributed by atoms with Gasteiger partial charge in [-0.2, -0.15) is 5.10 Å². The van der Waals surface area contributed by atoms with Crippen LogP contribution in [-0.4, -0.2) is 21.0 Å². The Morgan fingerprint density at radius 3 is 2.77 bits per heavy atom. The molecular formula is C22H23ClN2O. The van der Waals surface area contributed by atoms with E-state index in [0.29, 0.717) is 11.4 Å². The molecule has 1 atom stereocenters. The maximum atomic E-state index is 10.6. The van der Waals surface area contributed by atoms with Crippen molar-refractivity contribution in [3.63, 3.8) is 0 Å². The van der Waals surface area contributed by atoms with Crippen LogP contribution >= 0.6 is 11.6 Å². The van der Waals surface area contributed by atoms with Gasteiger partial charge in [0, 0.05) is 29.3 Å². The third-order valence-corrected chi connectivity index (χ3v) is 4.30. The number of rotatable bonds is 2. The molecule has 26 heavy (non-hydrogen) atoms. The minimum atomic E-state index is -0.594. The largest absolute Gasteiger partial charge is 0.388 e. The summed E-state index contributed by atoms with van der Waals surface area (Å²) < 4.78 is 1.74. The van der Waals surface area contributed by atoms with Gasteiger partial charge in [0.15, 0.2) is 0 Å². The van der Waals surface area contributed by atoms with Gasteiger partial charge < -0.3 is 5.11 Å². The van der Waals surface area contributed by atoms with Crippen molar-refractivity contribution in [3.8, 4) is 11.8 Å². The van der Waals surface area contributed by atoms with E-state index in [2.05, 4.69) is 37.7 Å². The van der Waals surface area contributed by atoms with E-state index in [1.165, 1.54) is 0 Å². The van der Waals surface area contributed by atoms with E-state index < -0.39 is 6.10 Å². The summed E-state index contributed by atoms with van der Waals surface area (Å²) in [5, 5.41) is 15.8. The lowest BCUT2D eigenvalue weighted by atomic mass is 9.89. The van der Waals surface area contributed by atoms with Crippen molar-refractivity contribution >= 4 is 22.7 Å². The number of nitrogens with zero attached hydrogens (tertiary/aromatic N) is 2. The van der Waals surface area contributed by atoms with Crippen LogP contribution in [0.5, 0.6) is 0 Å². The van der Waals surface area contributed by atoms with E-state index in [-0.39, 0.29) is 5.41 Å². The zero-order chi connectivity index (χ0) is 18.9. The van der Waals surface area contributed by atoms with Gasteiger partial charge in [-0.05, 0) is 56.5 Å². The Morgan fingerprint density at radius 1 is 1.31 bits per heavy atom. The number of allylic oxidation sites excluding steroid dienone is 2. The number of halogens is 1.